The molecule has 1 atom stereocenters. The first-order valence-electron chi connectivity index (χ1n) is 10.7. The molecule has 1 aliphatic rings. The fourth-order valence-corrected chi connectivity index (χ4v) is 4.20. The summed E-state index contributed by atoms with van der Waals surface area (Å²) in [5, 5.41) is 0. The lowest BCUT2D eigenvalue weighted by atomic mass is 10.2. The van der Waals surface area contributed by atoms with Gasteiger partial charge in [-0.15, -0.1) is 0 Å². The molecule has 1 amide bonds. The Morgan fingerprint density at radius 2 is 1.90 bits per heavy atom. The van der Waals surface area contributed by atoms with E-state index in [9.17, 15) is 4.79 Å². The van der Waals surface area contributed by atoms with Gasteiger partial charge in [0.05, 0.1) is 23.7 Å². The van der Waals surface area contributed by atoms with Crippen LogP contribution in [0.2, 0.25) is 0 Å². The number of likely N-dealkylation sites (tertiary alicyclic amines) is 1. The van der Waals surface area contributed by atoms with E-state index in [0.29, 0.717) is 13.0 Å². The molecule has 5 nitrogen and oxygen atoms in total. The van der Waals surface area contributed by atoms with Crippen LogP contribution in [0.4, 0.5) is 0 Å². The average molecular weight is 392 g/mol. The zero-order valence-corrected chi connectivity index (χ0v) is 17.1. The standard InChI is InChI=1S/C24H29N3O2/c1-2-23(28)26-17-10-15-22(26)24-25-20-13-6-7-14-21(20)27(24)16-8-9-18-29-19-11-4-3-5-12-19/h3-7,11-14,22H,2,8-10,15-18H2,1H3/t22-/m0/s1. The van der Waals surface area contributed by atoms with Crippen LogP contribution < -0.4 is 4.74 Å². The number of carbonyl (C=O) groups excluding carboxylic acids is 1. The molecule has 2 aromatic carbocycles. The fraction of sp³-hybridized carbons (Fsp3) is 0.417. The molecule has 0 unspecified atom stereocenters. The SMILES string of the molecule is CCC(=O)N1CCC[C@H]1c1nc2ccccc2n1CCCCOc1ccccc1. The van der Waals surface area contributed by atoms with E-state index >= 15 is 0 Å². The molecule has 0 aliphatic carbocycles. The molecule has 0 bridgehead atoms. The first-order chi connectivity index (χ1) is 14.3. The third-order valence-corrected chi connectivity index (χ3v) is 5.65. The van der Waals surface area contributed by atoms with E-state index in [4.69, 9.17) is 9.72 Å². The van der Waals surface area contributed by atoms with Gasteiger partial charge in [-0.3, -0.25) is 4.79 Å². The van der Waals surface area contributed by atoms with Crippen LogP contribution in [-0.2, 0) is 11.3 Å². The van der Waals surface area contributed by atoms with Crippen LogP contribution in [0, 0.1) is 0 Å². The lowest BCUT2D eigenvalue weighted by Gasteiger charge is -2.25. The molecular formula is C24H29N3O2. The highest BCUT2D eigenvalue weighted by atomic mass is 16.5. The van der Waals surface area contributed by atoms with Gasteiger partial charge in [0.25, 0.3) is 0 Å². The Morgan fingerprint density at radius 3 is 2.72 bits per heavy atom. The van der Waals surface area contributed by atoms with E-state index < -0.39 is 0 Å². The van der Waals surface area contributed by atoms with E-state index in [1.807, 2.05) is 48.2 Å². The van der Waals surface area contributed by atoms with Crippen LogP contribution in [0.3, 0.4) is 0 Å². The van der Waals surface area contributed by atoms with Gasteiger partial charge in [0.1, 0.15) is 11.6 Å². The molecule has 4 rings (SSSR count). The maximum absolute atomic E-state index is 12.4. The highest BCUT2D eigenvalue weighted by molar-refractivity contribution is 5.78. The highest BCUT2D eigenvalue weighted by Gasteiger charge is 2.32. The largest absolute Gasteiger partial charge is 0.494 e. The van der Waals surface area contributed by atoms with E-state index in [1.54, 1.807) is 0 Å². The van der Waals surface area contributed by atoms with Crippen LogP contribution in [0.5, 0.6) is 5.75 Å². The Morgan fingerprint density at radius 1 is 1.10 bits per heavy atom. The molecule has 1 fully saturated rings. The van der Waals surface area contributed by atoms with Crippen LogP contribution in [-0.4, -0.2) is 33.5 Å². The number of unbranched alkanes of at least 4 members (excludes halogenated alkanes) is 1. The molecule has 0 radical (unpaired) electrons. The zero-order chi connectivity index (χ0) is 20.1. The average Bonchev–Trinajstić information content (AvgIpc) is 3.38. The number of rotatable bonds is 8. The molecule has 1 aliphatic heterocycles. The fourth-order valence-electron chi connectivity index (χ4n) is 4.20. The first kappa shape index (κ1) is 19.5. The molecule has 152 valence electrons. The van der Waals surface area contributed by atoms with Crippen molar-refractivity contribution >= 4 is 16.9 Å². The van der Waals surface area contributed by atoms with Gasteiger partial charge < -0.3 is 14.2 Å². The molecule has 3 aromatic rings. The Balaban J connectivity index is 1.47. The van der Waals surface area contributed by atoms with E-state index in [0.717, 1.165) is 61.4 Å². The maximum Gasteiger partial charge on any atom is 0.222 e. The molecule has 1 saturated heterocycles. The Hall–Kier alpha value is -2.82. The Kier molecular flexibility index (Phi) is 6.13. The number of benzene rings is 2. The molecule has 0 saturated carbocycles. The number of hydrogen-bond acceptors (Lipinski definition) is 3. The van der Waals surface area contributed by atoms with Crippen LogP contribution in [0.1, 0.15) is 50.9 Å². The number of aryl methyl sites for hydroxylation is 1. The van der Waals surface area contributed by atoms with Crippen LogP contribution >= 0.6 is 0 Å². The summed E-state index contributed by atoms with van der Waals surface area (Å²) in [4.78, 5) is 19.4. The normalized spacial score (nSPS) is 16.4. The second-order valence-electron chi connectivity index (χ2n) is 7.58. The van der Waals surface area contributed by atoms with E-state index in [-0.39, 0.29) is 11.9 Å². The minimum absolute atomic E-state index is 0.0930. The summed E-state index contributed by atoms with van der Waals surface area (Å²) in [6.45, 7) is 4.37. The lowest BCUT2D eigenvalue weighted by molar-refractivity contribution is -0.131. The molecular weight excluding hydrogens is 362 g/mol. The van der Waals surface area contributed by atoms with Gasteiger partial charge in [0.15, 0.2) is 0 Å². The van der Waals surface area contributed by atoms with Crippen LogP contribution in [0.15, 0.2) is 54.6 Å². The van der Waals surface area contributed by atoms with Gasteiger partial charge in [0.2, 0.25) is 5.91 Å². The number of amides is 1. The third kappa shape index (κ3) is 4.29. The number of hydrogen-bond donors (Lipinski definition) is 0. The van der Waals surface area contributed by atoms with Gasteiger partial charge in [-0.05, 0) is 49.9 Å². The summed E-state index contributed by atoms with van der Waals surface area (Å²) >= 11 is 0. The topological polar surface area (TPSA) is 47.4 Å². The second-order valence-corrected chi connectivity index (χ2v) is 7.58. The number of ether oxygens (including phenoxy) is 1. The van der Waals surface area contributed by atoms with Crippen molar-refractivity contribution in [3.63, 3.8) is 0 Å². The molecule has 2 heterocycles. The van der Waals surface area contributed by atoms with Crippen molar-refractivity contribution in [1.29, 1.82) is 0 Å². The van der Waals surface area contributed by atoms with Crippen molar-refractivity contribution in [1.82, 2.24) is 14.5 Å². The third-order valence-electron chi connectivity index (χ3n) is 5.65. The molecule has 0 spiro atoms. The van der Waals surface area contributed by atoms with Crippen molar-refractivity contribution in [2.24, 2.45) is 0 Å². The maximum atomic E-state index is 12.4. The number of fused-ring (bicyclic) bond motifs is 1. The van der Waals surface area contributed by atoms with Gasteiger partial charge in [0, 0.05) is 19.5 Å². The summed E-state index contributed by atoms with van der Waals surface area (Å²) in [5.74, 6) is 2.18. The monoisotopic (exact) mass is 391 g/mol. The van der Waals surface area contributed by atoms with Crippen LogP contribution in [0.25, 0.3) is 11.0 Å². The summed E-state index contributed by atoms with van der Waals surface area (Å²) in [5.41, 5.74) is 2.17. The number of nitrogens with zero attached hydrogens (tertiary/aromatic N) is 3. The van der Waals surface area contributed by atoms with E-state index in [2.05, 4.69) is 22.8 Å². The second kappa shape index (κ2) is 9.12. The van der Waals surface area contributed by atoms with Crippen molar-refractivity contribution < 1.29 is 9.53 Å². The van der Waals surface area contributed by atoms with Gasteiger partial charge in [-0.2, -0.15) is 0 Å². The lowest BCUT2D eigenvalue weighted by Crippen LogP contribution is -2.31. The predicted octanol–water partition coefficient (Wildman–Crippen LogP) is 4.97. The summed E-state index contributed by atoms with van der Waals surface area (Å²) in [6.07, 6.45) is 4.57. The molecule has 29 heavy (non-hydrogen) atoms. The van der Waals surface area contributed by atoms with Crippen molar-refractivity contribution in [3.05, 3.63) is 60.4 Å². The van der Waals surface area contributed by atoms with Gasteiger partial charge >= 0.3 is 0 Å². The summed E-state index contributed by atoms with van der Waals surface area (Å²) in [6, 6.07) is 18.3. The van der Waals surface area contributed by atoms with Crippen molar-refractivity contribution in [2.75, 3.05) is 13.2 Å². The number of imidazole rings is 1. The van der Waals surface area contributed by atoms with Crippen molar-refractivity contribution in [2.45, 2.75) is 51.6 Å². The smallest absolute Gasteiger partial charge is 0.222 e. The molecule has 0 N–H and O–H groups in total. The number of para-hydroxylation sites is 3. The minimum Gasteiger partial charge on any atom is -0.494 e. The first-order valence-corrected chi connectivity index (χ1v) is 10.7. The van der Waals surface area contributed by atoms with E-state index in [1.165, 1.54) is 0 Å². The Bertz CT molecular complexity index is 951. The summed E-state index contributed by atoms with van der Waals surface area (Å²) < 4.78 is 8.15. The number of carbonyl (C=O) groups is 1. The quantitative estimate of drug-likeness (QED) is 0.510. The minimum atomic E-state index is 0.0930. The zero-order valence-electron chi connectivity index (χ0n) is 17.1. The Labute approximate surface area is 172 Å². The molecule has 1 aromatic heterocycles. The molecule has 5 heteroatoms. The van der Waals surface area contributed by atoms with Gasteiger partial charge in [-0.1, -0.05) is 37.3 Å². The van der Waals surface area contributed by atoms with Crippen molar-refractivity contribution in [3.8, 4) is 5.75 Å². The summed E-state index contributed by atoms with van der Waals surface area (Å²) in [7, 11) is 0. The highest BCUT2D eigenvalue weighted by Crippen LogP contribution is 2.34. The van der Waals surface area contributed by atoms with Gasteiger partial charge in [-0.25, -0.2) is 4.98 Å². The number of aromatic nitrogens is 2. The predicted molar refractivity (Wildman–Crippen MR) is 115 cm³/mol.